The van der Waals surface area contributed by atoms with Gasteiger partial charge in [-0.1, -0.05) is 18.2 Å². The Balaban J connectivity index is 1.78. The molecule has 2 N–H and O–H groups in total. The lowest BCUT2D eigenvalue weighted by Crippen LogP contribution is -2.28. The van der Waals surface area contributed by atoms with Gasteiger partial charge in [0, 0.05) is 18.8 Å². The average molecular weight is 312 g/mol. The van der Waals surface area contributed by atoms with E-state index in [2.05, 4.69) is 44.8 Å². The lowest BCUT2D eigenvalue weighted by atomic mass is 10.0. The molecule has 2 heterocycles. The highest BCUT2D eigenvalue weighted by molar-refractivity contribution is 7.80. The van der Waals surface area contributed by atoms with Crippen LogP contribution in [0.3, 0.4) is 0 Å². The molecule has 114 valence electrons. The van der Waals surface area contributed by atoms with Crippen LogP contribution < -0.4 is 15.5 Å². The second kappa shape index (κ2) is 6.75. The van der Waals surface area contributed by atoms with E-state index in [4.69, 9.17) is 12.2 Å². The maximum atomic E-state index is 5.18. The Morgan fingerprint density at radius 1 is 1.27 bits per heavy atom. The molecule has 0 unspecified atom stereocenters. The van der Waals surface area contributed by atoms with Crippen molar-refractivity contribution in [1.82, 2.24) is 10.3 Å². The number of anilines is 3. The molecule has 0 atom stereocenters. The minimum atomic E-state index is 0.625. The summed E-state index contributed by atoms with van der Waals surface area (Å²) in [6.07, 6.45) is 4.13. The van der Waals surface area contributed by atoms with Gasteiger partial charge >= 0.3 is 0 Å². The Morgan fingerprint density at radius 2 is 2.14 bits per heavy atom. The SMILES string of the molecule is CCNC(=S)Nc1ccc(N2CCCc3ccccc32)nc1. The van der Waals surface area contributed by atoms with Gasteiger partial charge in [0.2, 0.25) is 0 Å². The van der Waals surface area contributed by atoms with Gasteiger partial charge in [0.05, 0.1) is 11.9 Å². The Kier molecular flexibility index (Phi) is 4.53. The molecule has 5 heteroatoms. The molecule has 0 bridgehead atoms. The van der Waals surface area contributed by atoms with Gasteiger partial charge in [-0.15, -0.1) is 0 Å². The first-order valence-electron chi connectivity index (χ1n) is 7.64. The summed E-state index contributed by atoms with van der Waals surface area (Å²) in [7, 11) is 0. The van der Waals surface area contributed by atoms with Gasteiger partial charge in [0.15, 0.2) is 5.11 Å². The van der Waals surface area contributed by atoms with Gasteiger partial charge in [-0.05, 0) is 55.7 Å². The standard InChI is InChI=1S/C17H20N4S/c1-2-18-17(22)20-14-9-10-16(19-12-14)21-11-5-7-13-6-3-4-8-15(13)21/h3-4,6,8-10,12H,2,5,7,11H2,1H3,(H2,18,20,22). The molecule has 0 aliphatic carbocycles. The van der Waals surface area contributed by atoms with Crippen LogP contribution in [-0.4, -0.2) is 23.2 Å². The molecule has 4 nitrogen and oxygen atoms in total. The predicted octanol–water partition coefficient (Wildman–Crippen LogP) is 3.47. The van der Waals surface area contributed by atoms with Crippen molar-refractivity contribution in [1.29, 1.82) is 0 Å². The third-order valence-electron chi connectivity index (χ3n) is 3.73. The fourth-order valence-electron chi connectivity index (χ4n) is 2.73. The first-order chi connectivity index (χ1) is 10.8. The van der Waals surface area contributed by atoms with Crippen LogP contribution in [0.5, 0.6) is 0 Å². The van der Waals surface area contributed by atoms with E-state index in [-0.39, 0.29) is 0 Å². The summed E-state index contributed by atoms with van der Waals surface area (Å²) in [5.41, 5.74) is 3.57. The minimum absolute atomic E-state index is 0.625. The lowest BCUT2D eigenvalue weighted by Gasteiger charge is -2.30. The van der Waals surface area contributed by atoms with E-state index in [9.17, 15) is 0 Å². The fourth-order valence-corrected chi connectivity index (χ4v) is 2.99. The lowest BCUT2D eigenvalue weighted by molar-refractivity contribution is 0.760. The van der Waals surface area contributed by atoms with Crippen molar-refractivity contribution >= 4 is 34.5 Å². The number of para-hydroxylation sites is 1. The molecule has 22 heavy (non-hydrogen) atoms. The fraction of sp³-hybridized carbons (Fsp3) is 0.294. The number of nitrogens with zero attached hydrogens (tertiary/aromatic N) is 2. The molecular formula is C17H20N4S. The zero-order valence-electron chi connectivity index (χ0n) is 12.7. The molecular weight excluding hydrogens is 292 g/mol. The van der Waals surface area contributed by atoms with Crippen LogP contribution in [0.25, 0.3) is 0 Å². The van der Waals surface area contributed by atoms with Crippen molar-refractivity contribution in [2.75, 3.05) is 23.3 Å². The van der Waals surface area contributed by atoms with Gasteiger partial charge in [0.1, 0.15) is 5.82 Å². The summed E-state index contributed by atoms with van der Waals surface area (Å²) in [4.78, 5) is 6.87. The van der Waals surface area contributed by atoms with Gasteiger partial charge in [-0.3, -0.25) is 0 Å². The van der Waals surface area contributed by atoms with E-state index in [0.717, 1.165) is 37.4 Å². The molecule has 0 saturated carbocycles. The molecule has 0 fully saturated rings. The van der Waals surface area contributed by atoms with Crippen LogP contribution in [0.2, 0.25) is 0 Å². The first-order valence-corrected chi connectivity index (χ1v) is 8.05. The molecule has 0 amide bonds. The van der Waals surface area contributed by atoms with E-state index >= 15 is 0 Å². The van der Waals surface area contributed by atoms with Crippen LogP contribution in [0.4, 0.5) is 17.2 Å². The molecule has 1 aliphatic rings. The number of thiocarbonyl (C=S) groups is 1. The van der Waals surface area contributed by atoms with Crippen LogP contribution in [-0.2, 0) is 6.42 Å². The zero-order chi connectivity index (χ0) is 15.4. The second-order valence-corrected chi connectivity index (χ2v) is 5.68. The van der Waals surface area contributed by atoms with Gasteiger partial charge in [-0.25, -0.2) is 4.98 Å². The maximum Gasteiger partial charge on any atom is 0.170 e. The Bertz CT molecular complexity index is 654. The molecule has 3 rings (SSSR count). The Labute approximate surface area is 136 Å². The number of benzene rings is 1. The highest BCUT2D eigenvalue weighted by Crippen LogP contribution is 2.32. The van der Waals surface area contributed by atoms with E-state index in [0.29, 0.717) is 5.11 Å². The number of hydrogen-bond donors (Lipinski definition) is 2. The van der Waals surface area contributed by atoms with Crippen molar-refractivity contribution in [3.05, 3.63) is 48.2 Å². The summed E-state index contributed by atoms with van der Waals surface area (Å²) in [6.45, 7) is 3.83. The van der Waals surface area contributed by atoms with Gasteiger partial charge < -0.3 is 15.5 Å². The summed E-state index contributed by atoms with van der Waals surface area (Å²) < 4.78 is 0. The van der Waals surface area contributed by atoms with Crippen LogP contribution >= 0.6 is 12.2 Å². The van der Waals surface area contributed by atoms with Crippen LogP contribution in [0.1, 0.15) is 18.9 Å². The summed E-state index contributed by atoms with van der Waals surface area (Å²) in [5, 5.41) is 6.82. The summed E-state index contributed by atoms with van der Waals surface area (Å²) >= 11 is 5.18. The number of nitrogens with one attached hydrogen (secondary N) is 2. The zero-order valence-corrected chi connectivity index (χ0v) is 13.5. The maximum absolute atomic E-state index is 5.18. The predicted molar refractivity (Wildman–Crippen MR) is 95.9 cm³/mol. The van der Waals surface area contributed by atoms with Crippen LogP contribution in [0, 0.1) is 0 Å². The van der Waals surface area contributed by atoms with E-state index in [1.54, 1.807) is 0 Å². The van der Waals surface area contributed by atoms with E-state index in [1.807, 2.05) is 25.3 Å². The summed E-state index contributed by atoms with van der Waals surface area (Å²) in [5.74, 6) is 0.979. The number of hydrogen-bond acceptors (Lipinski definition) is 3. The van der Waals surface area contributed by atoms with Gasteiger partial charge in [0.25, 0.3) is 0 Å². The molecule has 1 aromatic carbocycles. The van der Waals surface area contributed by atoms with E-state index in [1.165, 1.54) is 11.3 Å². The molecule has 0 spiro atoms. The number of aryl methyl sites for hydroxylation is 1. The normalized spacial score (nSPS) is 13.4. The Morgan fingerprint density at radius 3 is 2.91 bits per heavy atom. The molecule has 0 saturated heterocycles. The number of rotatable bonds is 3. The van der Waals surface area contributed by atoms with Crippen molar-refractivity contribution in [3.8, 4) is 0 Å². The van der Waals surface area contributed by atoms with Crippen LogP contribution in [0.15, 0.2) is 42.6 Å². The first kappa shape index (κ1) is 14.8. The second-order valence-electron chi connectivity index (χ2n) is 5.27. The third-order valence-corrected chi connectivity index (χ3v) is 3.98. The van der Waals surface area contributed by atoms with Crippen molar-refractivity contribution in [3.63, 3.8) is 0 Å². The average Bonchev–Trinajstić information content (AvgIpc) is 2.55. The van der Waals surface area contributed by atoms with Crippen molar-refractivity contribution < 1.29 is 0 Å². The molecule has 1 aromatic heterocycles. The largest absolute Gasteiger partial charge is 0.363 e. The minimum Gasteiger partial charge on any atom is -0.363 e. The molecule has 2 aromatic rings. The highest BCUT2D eigenvalue weighted by Gasteiger charge is 2.18. The topological polar surface area (TPSA) is 40.2 Å². The third kappa shape index (κ3) is 3.20. The van der Waals surface area contributed by atoms with Crippen molar-refractivity contribution in [2.24, 2.45) is 0 Å². The number of fused-ring (bicyclic) bond motifs is 1. The smallest absolute Gasteiger partial charge is 0.170 e. The van der Waals surface area contributed by atoms with E-state index < -0.39 is 0 Å². The number of aromatic nitrogens is 1. The highest BCUT2D eigenvalue weighted by atomic mass is 32.1. The van der Waals surface area contributed by atoms with Crippen molar-refractivity contribution in [2.45, 2.75) is 19.8 Å². The molecule has 0 radical (unpaired) electrons. The molecule has 1 aliphatic heterocycles. The van der Waals surface area contributed by atoms with Gasteiger partial charge in [-0.2, -0.15) is 0 Å². The Hall–Kier alpha value is -2.14. The summed E-state index contributed by atoms with van der Waals surface area (Å²) in [6, 6.07) is 12.6. The number of pyridine rings is 1. The monoisotopic (exact) mass is 312 g/mol. The quantitative estimate of drug-likeness (QED) is 0.849.